The summed E-state index contributed by atoms with van der Waals surface area (Å²) < 4.78 is 12.7. The van der Waals surface area contributed by atoms with Crippen molar-refractivity contribution in [3.63, 3.8) is 0 Å². The van der Waals surface area contributed by atoms with Gasteiger partial charge in [-0.2, -0.15) is 0 Å². The maximum absolute atomic E-state index is 12.7. The van der Waals surface area contributed by atoms with E-state index in [2.05, 4.69) is 10.3 Å². The van der Waals surface area contributed by atoms with Crippen LogP contribution in [-0.2, 0) is 6.54 Å². The number of carbonyl (C=O) groups excluding carboxylic acids is 1. The van der Waals surface area contributed by atoms with Gasteiger partial charge in [-0.25, -0.2) is 9.37 Å². The third-order valence-corrected chi connectivity index (χ3v) is 2.45. The van der Waals surface area contributed by atoms with Crippen molar-refractivity contribution >= 4 is 11.7 Å². The van der Waals surface area contributed by atoms with Gasteiger partial charge in [-0.3, -0.25) is 4.79 Å². The number of amides is 1. The number of carbonyl (C=O) groups is 1. The van der Waals surface area contributed by atoms with E-state index < -0.39 is 5.91 Å². The molecule has 0 spiro atoms. The number of benzene rings is 1. The number of hydrogen-bond acceptors (Lipinski definition) is 3. The average Bonchev–Trinajstić information content (AvgIpc) is 2.38. The van der Waals surface area contributed by atoms with Gasteiger partial charge in [0.2, 0.25) is 0 Å². The second-order valence-corrected chi connectivity index (χ2v) is 3.74. The number of primary amides is 1. The summed E-state index contributed by atoms with van der Waals surface area (Å²) in [6.07, 6.45) is 1.57. The first-order valence-electron chi connectivity index (χ1n) is 5.40. The summed E-state index contributed by atoms with van der Waals surface area (Å²) >= 11 is 0. The lowest BCUT2D eigenvalue weighted by Crippen LogP contribution is -2.15. The van der Waals surface area contributed by atoms with E-state index in [0.29, 0.717) is 17.9 Å². The van der Waals surface area contributed by atoms with Crippen LogP contribution in [0.5, 0.6) is 0 Å². The number of rotatable bonds is 4. The molecule has 1 amide bonds. The van der Waals surface area contributed by atoms with Crippen LogP contribution in [0.25, 0.3) is 0 Å². The maximum Gasteiger partial charge on any atom is 0.252 e. The van der Waals surface area contributed by atoms with Crippen molar-refractivity contribution in [3.05, 3.63) is 59.5 Å². The molecular formula is C13H12FN3O. The van der Waals surface area contributed by atoms with E-state index >= 15 is 0 Å². The van der Waals surface area contributed by atoms with Gasteiger partial charge >= 0.3 is 0 Å². The lowest BCUT2D eigenvalue weighted by atomic mass is 10.2. The van der Waals surface area contributed by atoms with E-state index in [1.807, 2.05) is 0 Å². The molecule has 3 N–H and O–H groups in total. The van der Waals surface area contributed by atoms with Gasteiger partial charge in [-0.1, -0.05) is 12.1 Å². The van der Waals surface area contributed by atoms with E-state index in [0.717, 1.165) is 5.56 Å². The third kappa shape index (κ3) is 2.82. The number of anilines is 1. The third-order valence-electron chi connectivity index (χ3n) is 2.45. The van der Waals surface area contributed by atoms with E-state index in [-0.39, 0.29) is 5.82 Å². The molecule has 0 unspecified atom stereocenters. The largest absolute Gasteiger partial charge is 0.365 e. The number of halogens is 1. The fourth-order valence-corrected chi connectivity index (χ4v) is 1.53. The molecule has 0 atom stereocenters. The van der Waals surface area contributed by atoms with Crippen LogP contribution in [0.4, 0.5) is 10.2 Å². The zero-order valence-electron chi connectivity index (χ0n) is 9.56. The number of nitrogens with two attached hydrogens (primary N) is 1. The summed E-state index contributed by atoms with van der Waals surface area (Å²) in [5, 5.41) is 3.00. The van der Waals surface area contributed by atoms with Crippen LogP contribution in [0.3, 0.4) is 0 Å². The molecule has 18 heavy (non-hydrogen) atoms. The van der Waals surface area contributed by atoms with Gasteiger partial charge in [-0.05, 0) is 29.8 Å². The quantitative estimate of drug-likeness (QED) is 0.864. The Bertz CT molecular complexity index is 554. The Balaban J connectivity index is 2.10. The number of pyridine rings is 1. The van der Waals surface area contributed by atoms with Crippen LogP contribution in [0.15, 0.2) is 42.6 Å². The molecule has 1 aromatic carbocycles. The topological polar surface area (TPSA) is 68.0 Å². The number of aromatic nitrogens is 1. The highest BCUT2D eigenvalue weighted by Gasteiger charge is 2.07. The average molecular weight is 245 g/mol. The molecule has 0 aliphatic heterocycles. The predicted molar refractivity (Wildman–Crippen MR) is 66.5 cm³/mol. The molecule has 0 aliphatic carbocycles. The number of nitrogens with one attached hydrogen (secondary N) is 1. The number of hydrogen-bond donors (Lipinski definition) is 2. The van der Waals surface area contributed by atoms with Gasteiger partial charge < -0.3 is 11.1 Å². The Morgan fingerprint density at radius 1 is 1.28 bits per heavy atom. The minimum Gasteiger partial charge on any atom is -0.365 e. The smallest absolute Gasteiger partial charge is 0.252 e. The van der Waals surface area contributed by atoms with Crippen molar-refractivity contribution in [2.75, 3.05) is 5.32 Å². The highest BCUT2D eigenvalue weighted by atomic mass is 19.1. The molecule has 1 aromatic heterocycles. The second-order valence-electron chi connectivity index (χ2n) is 3.74. The molecule has 1 heterocycles. The molecule has 4 nitrogen and oxygen atoms in total. The predicted octanol–water partition coefficient (Wildman–Crippen LogP) is 1.93. The van der Waals surface area contributed by atoms with Gasteiger partial charge in [-0.15, -0.1) is 0 Å². The molecule has 92 valence electrons. The van der Waals surface area contributed by atoms with Crippen molar-refractivity contribution in [1.82, 2.24) is 4.98 Å². The molecule has 2 aromatic rings. The van der Waals surface area contributed by atoms with Gasteiger partial charge in [0.25, 0.3) is 5.91 Å². The number of nitrogens with zero attached hydrogens (tertiary/aromatic N) is 1. The highest BCUT2D eigenvalue weighted by molar-refractivity contribution is 5.97. The molecule has 0 saturated heterocycles. The second kappa shape index (κ2) is 5.27. The van der Waals surface area contributed by atoms with Crippen LogP contribution < -0.4 is 11.1 Å². The highest BCUT2D eigenvalue weighted by Crippen LogP contribution is 2.12. The van der Waals surface area contributed by atoms with Crippen LogP contribution in [0, 0.1) is 5.82 Å². The van der Waals surface area contributed by atoms with Gasteiger partial charge in [0.05, 0.1) is 5.56 Å². The van der Waals surface area contributed by atoms with Crippen molar-refractivity contribution < 1.29 is 9.18 Å². The van der Waals surface area contributed by atoms with Gasteiger partial charge in [0.1, 0.15) is 11.6 Å². The summed E-state index contributed by atoms with van der Waals surface area (Å²) in [6.45, 7) is 0.442. The molecular weight excluding hydrogens is 233 g/mol. The van der Waals surface area contributed by atoms with Crippen LogP contribution in [0.1, 0.15) is 15.9 Å². The molecule has 0 radical (unpaired) electrons. The Kier molecular flexibility index (Phi) is 3.52. The zero-order chi connectivity index (χ0) is 13.0. The van der Waals surface area contributed by atoms with Gasteiger partial charge in [0.15, 0.2) is 0 Å². The lowest BCUT2D eigenvalue weighted by molar-refractivity contribution is 0.100. The molecule has 0 aliphatic rings. The SMILES string of the molecule is NC(=O)c1cccnc1NCc1ccc(F)cc1. The van der Waals surface area contributed by atoms with E-state index in [9.17, 15) is 9.18 Å². The summed E-state index contributed by atoms with van der Waals surface area (Å²) in [5.41, 5.74) is 6.45. The monoisotopic (exact) mass is 245 g/mol. The van der Waals surface area contributed by atoms with E-state index in [4.69, 9.17) is 5.73 Å². The minimum absolute atomic E-state index is 0.283. The van der Waals surface area contributed by atoms with Crippen molar-refractivity contribution in [2.24, 2.45) is 5.73 Å². The molecule has 0 saturated carbocycles. The van der Waals surface area contributed by atoms with E-state index in [1.165, 1.54) is 12.1 Å². The molecule has 5 heteroatoms. The van der Waals surface area contributed by atoms with E-state index in [1.54, 1.807) is 30.5 Å². The zero-order valence-corrected chi connectivity index (χ0v) is 9.56. The van der Waals surface area contributed by atoms with Crippen molar-refractivity contribution in [3.8, 4) is 0 Å². The molecule has 2 rings (SSSR count). The normalized spacial score (nSPS) is 10.1. The standard InChI is InChI=1S/C13H12FN3O/c14-10-5-3-9(4-6-10)8-17-13-11(12(15)18)2-1-7-16-13/h1-7H,8H2,(H2,15,18)(H,16,17). The Labute approximate surface area is 104 Å². The van der Waals surface area contributed by atoms with Crippen LogP contribution >= 0.6 is 0 Å². The fourth-order valence-electron chi connectivity index (χ4n) is 1.53. The fraction of sp³-hybridized carbons (Fsp3) is 0.0769. The lowest BCUT2D eigenvalue weighted by Gasteiger charge is -2.08. The summed E-state index contributed by atoms with van der Waals surface area (Å²) in [5.74, 6) is -0.395. The molecule has 0 bridgehead atoms. The Morgan fingerprint density at radius 3 is 2.67 bits per heavy atom. The van der Waals surface area contributed by atoms with Crippen molar-refractivity contribution in [1.29, 1.82) is 0 Å². The first-order chi connectivity index (χ1) is 8.66. The molecule has 0 fully saturated rings. The summed E-state index contributed by atoms with van der Waals surface area (Å²) in [6, 6.07) is 9.32. The Morgan fingerprint density at radius 2 is 2.00 bits per heavy atom. The van der Waals surface area contributed by atoms with Crippen molar-refractivity contribution in [2.45, 2.75) is 6.54 Å². The first-order valence-corrected chi connectivity index (χ1v) is 5.40. The van der Waals surface area contributed by atoms with Crippen LogP contribution in [0.2, 0.25) is 0 Å². The van der Waals surface area contributed by atoms with Gasteiger partial charge in [0, 0.05) is 12.7 Å². The van der Waals surface area contributed by atoms with Crippen LogP contribution in [-0.4, -0.2) is 10.9 Å². The summed E-state index contributed by atoms with van der Waals surface area (Å²) in [7, 11) is 0. The summed E-state index contributed by atoms with van der Waals surface area (Å²) in [4.78, 5) is 15.2. The maximum atomic E-state index is 12.7. The Hall–Kier alpha value is -2.43. The minimum atomic E-state index is -0.537. The first kappa shape index (κ1) is 12.0.